The molecule has 0 spiro atoms. The third kappa shape index (κ3) is 2.59. The molecular weight excluding hydrogens is 316 g/mol. The molecule has 0 bridgehead atoms. The molecule has 23 heavy (non-hydrogen) atoms. The summed E-state index contributed by atoms with van der Waals surface area (Å²) < 4.78 is 0. The lowest BCUT2D eigenvalue weighted by Crippen LogP contribution is -2.15. The highest BCUT2D eigenvalue weighted by molar-refractivity contribution is 7.99. The second-order valence-electron chi connectivity index (χ2n) is 5.03. The molecule has 1 radical (unpaired) electrons. The molecule has 115 valence electrons. The van der Waals surface area contributed by atoms with Gasteiger partial charge in [0.15, 0.2) is 0 Å². The molecule has 7 heteroatoms. The second-order valence-corrected chi connectivity index (χ2v) is 6.11. The number of rotatable bonds is 4. The van der Waals surface area contributed by atoms with Crippen LogP contribution < -0.4 is 4.90 Å². The number of carbonyl (C=O) groups is 1. The normalized spacial score (nSPS) is 12.5. The first-order valence-electron chi connectivity index (χ1n) is 6.72. The third-order valence-electron chi connectivity index (χ3n) is 3.70. The molecule has 3 rings (SSSR count). The molecule has 2 aromatic rings. The number of nitro benzene ring substituents is 1. The Bertz CT molecular complexity index is 814. The monoisotopic (exact) mass is 327 g/mol. The Morgan fingerprint density at radius 3 is 2.48 bits per heavy atom. The van der Waals surface area contributed by atoms with Gasteiger partial charge >= 0.3 is 0 Å². The SMILES string of the molecule is CN1c2ccc(C([C]=O)C=O)cc2Sc2cc([N+](=O)[O-])ccc21. The molecule has 0 N–H and O–H groups in total. The lowest BCUT2D eigenvalue weighted by Gasteiger charge is -2.29. The topological polar surface area (TPSA) is 80.5 Å². The van der Waals surface area contributed by atoms with Crippen molar-refractivity contribution in [3.63, 3.8) is 0 Å². The van der Waals surface area contributed by atoms with Crippen molar-refractivity contribution in [1.29, 1.82) is 0 Å². The van der Waals surface area contributed by atoms with Crippen molar-refractivity contribution < 1.29 is 14.5 Å². The minimum absolute atomic E-state index is 0.0243. The fraction of sp³-hybridized carbons (Fsp3) is 0.125. The molecule has 0 aliphatic carbocycles. The molecule has 0 saturated heterocycles. The number of nitro groups is 1. The van der Waals surface area contributed by atoms with E-state index in [2.05, 4.69) is 0 Å². The van der Waals surface area contributed by atoms with Crippen molar-refractivity contribution >= 4 is 41.4 Å². The fourth-order valence-corrected chi connectivity index (χ4v) is 3.71. The molecule has 0 saturated carbocycles. The second kappa shape index (κ2) is 5.85. The van der Waals surface area contributed by atoms with E-state index in [-0.39, 0.29) is 5.69 Å². The van der Waals surface area contributed by atoms with E-state index in [0.717, 1.165) is 21.2 Å². The van der Waals surface area contributed by atoms with Crippen LogP contribution in [-0.2, 0) is 9.59 Å². The number of anilines is 2. The molecule has 0 amide bonds. The zero-order valence-electron chi connectivity index (χ0n) is 12.1. The van der Waals surface area contributed by atoms with Gasteiger partial charge in [0.2, 0.25) is 6.29 Å². The Kier molecular flexibility index (Phi) is 3.87. The molecular formula is C16H11N2O4S. The lowest BCUT2D eigenvalue weighted by atomic mass is 10.0. The number of aldehydes is 1. The van der Waals surface area contributed by atoms with Crippen molar-refractivity contribution in [2.45, 2.75) is 15.7 Å². The Morgan fingerprint density at radius 2 is 1.87 bits per heavy atom. The predicted molar refractivity (Wildman–Crippen MR) is 86.2 cm³/mol. The highest BCUT2D eigenvalue weighted by Gasteiger charge is 2.24. The van der Waals surface area contributed by atoms with E-state index in [4.69, 9.17) is 0 Å². The van der Waals surface area contributed by atoms with Crippen LogP contribution in [0.2, 0.25) is 0 Å². The van der Waals surface area contributed by atoms with Gasteiger partial charge in [-0.05, 0) is 23.8 Å². The predicted octanol–water partition coefficient (Wildman–Crippen LogP) is 3.22. The first-order valence-corrected chi connectivity index (χ1v) is 7.53. The van der Waals surface area contributed by atoms with Crippen molar-refractivity contribution in [3.05, 3.63) is 52.1 Å². The van der Waals surface area contributed by atoms with Crippen LogP contribution in [0.15, 0.2) is 46.2 Å². The first-order chi connectivity index (χ1) is 11.0. The summed E-state index contributed by atoms with van der Waals surface area (Å²) in [7, 11) is 1.87. The maximum absolute atomic E-state index is 10.9. The van der Waals surface area contributed by atoms with Gasteiger partial charge in [0.25, 0.3) is 5.69 Å². The molecule has 1 aliphatic rings. The molecule has 0 fully saturated rings. The largest absolute Gasteiger partial charge is 0.343 e. The Hall–Kier alpha value is -2.67. The zero-order chi connectivity index (χ0) is 16.6. The molecule has 1 heterocycles. The Labute approximate surface area is 136 Å². The van der Waals surface area contributed by atoms with Gasteiger partial charge in [-0.1, -0.05) is 17.8 Å². The van der Waals surface area contributed by atoms with Crippen LogP contribution in [0.3, 0.4) is 0 Å². The van der Waals surface area contributed by atoms with E-state index in [0.29, 0.717) is 11.8 Å². The van der Waals surface area contributed by atoms with Gasteiger partial charge in [-0.15, -0.1) is 0 Å². The number of carbonyl (C=O) groups excluding carboxylic acids is 2. The van der Waals surface area contributed by atoms with Gasteiger partial charge in [0.1, 0.15) is 12.2 Å². The smallest absolute Gasteiger partial charge is 0.270 e. The summed E-state index contributed by atoms with van der Waals surface area (Å²) in [6.07, 6.45) is 2.25. The first kappa shape index (κ1) is 15.2. The van der Waals surface area contributed by atoms with Gasteiger partial charge in [-0.25, -0.2) is 0 Å². The lowest BCUT2D eigenvalue weighted by molar-refractivity contribution is -0.385. The van der Waals surface area contributed by atoms with Crippen molar-refractivity contribution in [2.75, 3.05) is 11.9 Å². The summed E-state index contributed by atoms with van der Waals surface area (Å²) in [5.74, 6) is -0.919. The summed E-state index contributed by atoms with van der Waals surface area (Å²) in [4.78, 5) is 35.8. The molecule has 0 aromatic heterocycles. The van der Waals surface area contributed by atoms with E-state index in [9.17, 15) is 19.7 Å². The van der Waals surface area contributed by atoms with Gasteiger partial charge in [0, 0.05) is 29.0 Å². The van der Waals surface area contributed by atoms with Crippen molar-refractivity contribution in [2.24, 2.45) is 0 Å². The minimum Gasteiger partial charge on any atom is -0.343 e. The van der Waals surface area contributed by atoms with Crippen molar-refractivity contribution in [3.8, 4) is 0 Å². The summed E-state index contributed by atoms with van der Waals surface area (Å²) >= 11 is 1.38. The number of fused-ring (bicyclic) bond motifs is 2. The molecule has 1 unspecified atom stereocenters. The van der Waals surface area contributed by atoms with Crippen LogP contribution in [0.4, 0.5) is 17.1 Å². The Balaban J connectivity index is 2.06. The summed E-state index contributed by atoms with van der Waals surface area (Å²) in [6, 6.07) is 10.0. The van der Waals surface area contributed by atoms with Crippen LogP contribution in [0.1, 0.15) is 11.5 Å². The molecule has 1 aliphatic heterocycles. The molecule has 1 atom stereocenters. The highest BCUT2D eigenvalue weighted by atomic mass is 32.2. The van der Waals surface area contributed by atoms with Crippen LogP contribution >= 0.6 is 11.8 Å². The highest BCUT2D eigenvalue weighted by Crippen LogP contribution is 2.48. The zero-order valence-corrected chi connectivity index (χ0v) is 12.9. The molecule has 6 nitrogen and oxygen atoms in total. The quantitative estimate of drug-likeness (QED) is 0.371. The van der Waals surface area contributed by atoms with E-state index in [1.54, 1.807) is 24.5 Å². The Morgan fingerprint density at radius 1 is 1.22 bits per heavy atom. The number of benzene rings is 2. The average molecular weight is 327 g/mol. The summed E-state index contributed by atoms with van der Waals surface area (Å²) in [6.45, 7) is 0. The average Bonchev–Trinajstić information content (AvgIpc) is 2.55. The van der Waals surface area contributed by atoms with Gasteiger partial charge in [-0.3, -0.25) is 14.9 Å². The summed E-state index contributed by atoms with van der Waals surface area (Å²) in [5.41, 5.74) is 2.37. The van der Waals surface area contributed by atoms with Crippen LogP contribution in [0, 0.1) is 10.1 Å². The van der Waals surface area contributed by atoms with Gasteiger partial charge in [0.05, 0.1) is 16.3 Å². The maximum atomic E-state index is 10.9. The van der Waals surface area contributed by atoms with Gasteiger partial charge < -0.3 is 9.69 Å². The molecule has 2 aromatic carbocycles. The van der Waals surface area contributed by atoms with Crippen LogP contribution in [0.5, 0.6) is 0 Å². The number of hydrogen-bond donors (Lipinski definition) is 0. The number of non-ortho nitro benzene ring substituents is 1. The standard InChI is InChI=1S/C16H11N2O4S/c1-17-13-4-2-10(11(8-19)9-20)6-15(13)23-16-7-12(18(21)22)3-5-14(16)17/h2-8,11H,1H3. The fourth-order valence-electron chi connectivity index (χ4n) is 2.48. The van der Waals surface area contributed by atoms with Crippen LogP contribution in [-0.4, -0.2) is 24.5 Å². The van der Waals surface area contributed by atoms with E-state index in [1.807, 2.05) is 18.0 Å². The van der Waals surface area contributed by atoms with Crippen molar-refractivity contribution in [1.82, 2.24) is 0 Å². The number of hydrogen-bond acceptors (Lipinski definition) is 6. The van der Waals surface area contributed by atoms with E-state index >= 15 is 0 Å². The number of nitrogens with zero attached hydrogens (tertiary/aromatic N) is 2. The maximum Gasteiger partial charge on any atom is 0.270 e. The van der Waals surface area contributed by atoms with E-state index < -0.39 is 10.8 Å². The minimum atomic E-state index is -0.919. The van der Waals surface area contributed by atoms with E-state index in [1.165, 1.54) is 23.9 Å². The third-order valence-corrected chi connectivity index (χ3v) is 4.80. The van der Waals surface area contributed by atoms with Crippen LogP contribution in [0.25, 0.3) is 0 Å². The summed E-state index contributed by atoms with van der Waals surface area (Å²) in [5, 5.41) is 10.9. The van der Waals surface area contributed by atoms with Gasteiger partial charge in [-0.2, -0.15) is 0 Å².